The summed E-state index contributed by atoms with van der Waals surface area (Å²) < 4.78 is 14.0. The van der Waals surface area contributed by atoms with Crippen LogP contribution in [0.4, 0.5) is 4.39 Å². The van der Waals surface area contributed by atoms with Gasteiger partial charge < -0.3 is 5.32 Å². The quantitative estimate of drug-likeness (QED) is 0.896. The Hall–Kier alpha value is -1.05. The summed E-state index contributed by atoms with van der Waals surface area (Å²) in [4.78, 5) is 0. The van der Waals surface area contributed by atoms with E-state index in [0.717, 1.165) is 6.54 Å². The summed E-state index contributed by atoms with van der Waals surface area (Å²) in [5.41, 5.74) is 1.09. The van der Waals surface area contributed by atoms with E-state index >= 15 is 0 Å². The third-order valence-electron chi connectivity index (χ3n) is 3.89. The Morgan fingerprint density at radius 3 is 2.79 bits per heavy atom. The van der Waals surface area contributed by atoms with E-state index in [1.165, 1.54) is 37.8 Å². The minimum absolute atomic E-state index is 0.240. The zero-order valence-corrected chi connectivity index (χ0v) is 12.0. The van der Waals surface area contributed by atoms with Crippen LogP contribution >= 0.6 is 11.8 Å². The molecule has 0 bridgehead atoms. The number of nitrogens with one attached hydrogen (secondary N) is 1. The maximum atomic E-state index is 13.6. The third-order valence-corrected chi connectivity index (χ3v) is 5.30. The smallest absolute Gasteiger partial charge is 0.127 e. The van der Waals surface area contributed by atoms with Gasteiger partial charge in [-0.15, -0.1) is 0 Å². The zero-order chi connectivity index (χ0) is 13.7. The second-order valence-corrected chi connectivity index (χ2v) is 6.39. The number of hydrogen-bond acceptors (Lipinski definition) is 3. The number of hydrogen-bond donors (Lipinski definition) is 1. The number of halogens is 1. The molecule has 0 aliphatic heterocycles. The van der Waals surface area contributed by atoms with Crippen molar-refractivity contribution in [1.82, 2.24) is 5.32 Å². The highest BCUT2D eigenvalue weighted by atomic mass is 32.2. The lowest BCUT2D eigenvalue weighted by atomic mass is 10.1. The van der Waals surface area contributed by atoms with E-state index in [9.17, 15) is 4.39 Å². The predicted molar refractivity (Wildman–Crippen MR) is 77.5 cm³/mol. The van der Waals surface area contributed by atoms with E-state index in [2.05, 4.69) is 11.6 Å². The van der Waals surface area contributed by atoms with Crippen LogP contribution in [0.3, 0.4) is 0 Å². The molecule has 102 valence electrons. The molecule has 1 aliphatic rings. The number of nitrogens with zero attached hydrogens (tertiary/aromatic N) is 1. The van der Waals surface area contributed by atoms with Crippen LogP contribution in [0.25, 0.3) is 0 Å². The molecule has 0 atom stereocenters. The van der Waals surface area contributed by atoms with Gasteiger partial charge in [-0.3, -0.25) is 0 Å². The second kappa shape index (κ2) is 6.40. The highest BCUT2D eigenvalue weighted by Crippen LogP contribution is 2.39. The van der Waals surface area contributed by atoms with Crippen LogP contribution in [0, 0.1) is 17.1 Å². The van der Waals surface area contributed by atoms with Gasteiger partial charge >= 0.3 is 0 Å². The van der Waals surface area contributed by atoms with Crippen LogP contribution in [-0.4, -0.2) is 17.5 Å². The Morgan fingerprint density at radius 1 is 1.42 bits per heavy atom. The fraction of sp³-hybridized carbons (Fsp3) is 0.533. The molecular weight excluding hydrogens is 259 g/mol. The Morgan fingerprint density at radius 2 is 2.16 bits per heavy atom. The van der Waals surface area contributed by atoms with Crippen molar-refractivity contribution in [3.63, 3.8) is 0 Å². The van der Waals surface area contributed by atoms with Crippen molar-refractivity contribution in [2.24, 2.45) is 0 Å². The van der Waals surface area contributed by atoms with Crippen molar-refractivity contribution in [2.45, 2.75) is 37.0 Å². The first-order chi connectivity index (χ1) is 9.19. The number of benzene rings is 1. The monoisotopic (exact) mass is 278 g/mol. The van der Waals surface area contributed by atoms with E-state index in [1.54, 1.807) is 6.07 Å². The van der Waals surface area contributed by atoms with Crippen molar-refractivity contribution >= 4 is 11.8 Å². The first-order valence-electron chi connectivity index (χ1n) is 6.63. The summed E-state index contributed by atoms with van der Waals surface area (Å²) in [6, 6.07) is 6.56. The molecule has 0 amide bonds. The van der Waals surface area contributed by atoms with Crippen molar-refractivity contribution < 1.29 is 4.39 Å². The van der Waals surface area contributed by atoms with E-state index < -0.39 is 0 Å². The Bertz CT molecular complexity index is 476. The van der Waals surface area contributed by atoms with Crippen molar-refractivity contribution in [3.8, 4) is 6.07 Å². The van der Waals surface area contributed by atoms with Crippen molar-refractivity contribution in [3.05, 3.63) is 35.1 Å². The molecule has 1 aromatic rings. The van der Waals surface area contributed by atoms with Gasteiger partial charge in [0.25, 0.3) is 0 Å². The van der Waals surface area contributed by atoms with Gasteiger partial charge in [-0.2, -0.15) is 17.0 Å². The molecular formula is C15H19FN2S. The van der Waals surface area contributed by atoms with Gasteiger partial charge in [0, 0.05) is 23.4 Å². The molecule has 0 aromatic heterocycles. The van der Waals surface area contributed by atoms with E-state index in [4.69, 9.17) is 5.26 Å². The first-order valence-corrected chi connectivity index (χ1v) is 7.86. The summed E-state index contributed by atoms with van der Waals surface area (Å²) in [7, 11) is 0. The molecule has 1 aromatic carbocycles. The standard InChI is InChI=1S/C15H19FN2S/c1-19-15(6-2-3-7-15)11-18-10-13-8-12(9-17)4-5-14(13)16/h4-5,8,18H,2-3,6-7,10-11H2,1H3. The average Bonchev–Trinajstić information content (AvgIpc) is 2.90. The minimum atomic E-state index is -0.240. The number of thioether (sulfide) groups is 1. The van der Waals surface area contributed by atoms with E-state index in [1.807, 2.05) is 17.8 Å². The molecule has 2 nitrogen and oxygen atoms in total. The van der Waals surface area contributed by atoms with Gasteiger partial charge in [-0.1, -0.05) is 12.8 Å². The molecule has 1 aliphatic carbocycles. The Kier molecular flexibility index (Phi) is 4.84. The molecule has 2 rings (SSSR count). The number of rotatable bonds is 5. The van der Waals surface area contributed by atoms with Crippen LogP contribution in [0.2, 0.25) is 0 Å². The minimum Gasteiger partial charge on any atom is -0.311 e. The number of nitriles is 1. The molecule has 19 heavy (non-hydrogen) atoms. The molecule has 0 spiro atoms. The van der Waals surface area contributed by atoms with Gasteiger partial charge in [0.2, 0.25) is 0 Å². The van der Waals surface area contributed by atoms with E-state index in [0.29, 0.717) is 22.4 Å². The topological polar surface area (TPSA) is 35.8 Å². The summed E-state index contributed by atoms with van der Waals surface area (Å²) in [5.74, 6) is -0.240. The lowest BCUT2D eigenvalue weighted by molar-refractivity contribution is 0.521. The largest absolute Gasteiger partial charge is 0.311 e. The Balaban J connectivity index is 1.94. The second-order valence-electron chi connectivity index (χ2n) is 5.12. The highest BCUT2D eigenvalue weighted by Gasteiger charge is 2.32. The maximum Gasteiger partial charge on any atom is 0.127 e. The summed E-state index contributed by atoms with van der Waals surface area (Å²) >= 11 is 1.92. The average molecular weight is 278 g/mol. The van der Waals surface area contributed by atoms with Gasteiger partial charge in [-0.05, 0) is 37.3 Å². The van der Waals surface area contributed by atoms with Crippen LogP contribution in [0.5, 0.6) is 0 Å². The highest BCUT2D eigenvalue weighted by molar-refractivity contribution is 8.00. The molecule has 1 saturated carbocycles. The Labute approximate surface area is 118 Å². The normalized spacial score (nSPS) is 17.3. The van der Waals surface area contributed by atoms with Gasteiger partial charge in [0.1, 0.15) is 5.82 Å². The van der Waals surface area contributed by atoms with Crippen LogP contribution in [0.15, 0.2) is 18.2 Å². The first kappa shape index (κ1) is 14.4. The fourth-order valence-electron chi connectivity index (χ4n) is 2.68. The lowest BCUT2D eigenvalue weighted by Gasteiger charge is -2.27. The molecule has 4 heteroatoms. The maximum absolute atomic E-state index is 13.6. The summed E-state index contributed by atoms with van der Waals surface area (Å²) in [6.07, 6.45) is 7.22. The van der Waals surface area contributed by atoms with Gasteiger partial charge in [0.05, 0.1) is 11.6 Å². The molecule has 1 N–H and O–H groups in total. The summed E-state index contributed by atoms with van der Waals surface area (Å²) in [5, 5.41) is 12.2. The van der Waals surface area contributed by atoms with Crippen LogP contribution in [0.1, 0.15) is 36.8 Å². The van der Waals surface area contributed by atoms with Gasteiger partial charge in [-0.25, -0.2) is 4.39 Å². The van der Waals surface area contributed by atoms with E-state index in [-0.39, 0.29) is 5.82 Å². The molecule has 0 heterocycles. The molecule has 0 radical (unpaired) electrons. The lowest BCUT2D eigenvalue weighted by Crippen LogP contribution is -2.34. The summed E-state index contributed by atoms with van der Waals surface area (Å²) in [6.45, 7) is 1.40. The van der Waals surface area contributed by atoms with Crippen molar-refractivity contribution in [2.75, 3.05) is 12.8 Å². The third kappa shape index (κ3) is 3.49. The van der Waals surface area contributed by atoms with Gasteiger partial charge in [0.15, 0.2) is 0 Å². The van der Waals surface area contributed by atoms with Crippen LogP contribution in [-0.2, 0) is 6.54 Å². The predicted octanol–water partition coefficient (Wildman–Crippen LogP) is 3.46. The molecule has 0 unspecified atom stereocenters. The molecule has 0 saturated heterocycles. The van der Waals surface area contributed by atoms with Crippen molar-refractivity contribution in [1.29, 1.82) is 5.26 Å². The van der Waals surface area contributed by atoms with Crippen LogP contribution < -0.4 is 5.32 Å². The molecule has 1 fully saturated rings. The zero-order valence-electron chi connectivity index (χ0n) is 11.2. The fourth-order valence-corrected chi connectivity index (χ4v) is 3.62. The SMILES string of the molecule is CSC1(CNCc2cc(C#N)ccc2F)CCCC1.